The van der Waals surface area contributed by atoms with Gasteiger partial charge in [0, 0.05) is 5.56 Å². The highest BCUT2D eigenvalue weighted by Crippen LogP contribution is 2.67. The highest BCUT2D eigenvalue weighted by Gasteiger charge is 2.74. The number of phenolic OH excluding ortho intramolecular Hbond substituents is 2. The number of phenols is 2. The number of benzene rings is 1. The van der Waals surface area contributed by atoms with Crippen LogP contribution in [0.5, 0.6) is 11.5 Å². The maximum absolute atomic E-state index is 15.4. The predicted octanol–water partition coefficient (Wildman–Crippen LogP) is 10.6. The Morgan fingerprint density at radius 3 is 1.90 bits per heavy atom. The lowest BCUT2D eigenvalue weighted by Gasteiger charge is -2.61. The summed E-state index contributed by atoms with van der Waals surface area (Å²) in [5.41, 5.74) is 1.11. The first-order chi connectivity index (χ1) is 22.8. The van der Waals surface area contributed by atoms with Gasteiger partial charge in [-0.15, -0.1) is 0 Å². The number of hydrogen-bond donors (Lipinski definition) is 3. The van der Waals surface area contributed by atoms with E-state index in [1.54, 1.807) is 0 Å². The van der Waals surface area contributed by atoms with Crippen LogP contribution in [0.25, 0.3) is 5.76 Å². The molecule has 0 spiro atoms. The summed E-state index contributed by atoms with van der Waals surface area (Å²) in [7, 11) is 0. The van der Waals surface area contributed by atoms with Crippen molar-refractivity contribution < 1.29 is 29.7 Å². The van der Waals surface area contributed by atoms with Crippen molar-refractivity contribution in [2.45, 2.75) is 121 Å². The predicted molar refractivity (Wildman–Crippen MR) is 199 cm³/mol. The van der Waals surface area contributed by atoms with Crippen LogP contribution in [0.2, 0.25) is 0 Å². The number of hydrogen-bond acceptors (Lipinski definition) is 6. The molecule has 3 N–H and O–H groups in total. The number of carbonyl (C=O) groups excluding carboxylic acids is 3. The molecule has 2 saturated carbocycles. The smallest absolute Gasteiger partial charge is 0.184 e. The molecule has 0 saturated heterocycles. The summed E-state index contributed by atoms with van der Waals surface area (Å²) in [5, 5.41) is 32.0. The van der Waals surface area contributed by atoms with Crippen molar-refractivity contribution in [1.82, 2.24) is 0 Å². The Balaban J connectivity index is 2.44. The van der Waals surface area contributed by atoms with Crippen molar-refractivity contribution >= 4 is 23.1 Å². The van der Waals surface area contributed by atoms with Gasteiger partial charge in [0.1, 0.15) is 16.7 Å². The van der Waals surface area contributed by atoms with E-state index in [9.17, 15) is 20.1 Å². The third-order valence-corrected chi connectivity index (χ3v) is 10.8. The number of fused-ring (bicyclic) bond motifs is 2. The molecule has 1 aromatic rings. The van der Waals surface area contributed by atoms with Gasteiger partial charge >= 0.3 is 0 Å². The van der Waals surface area contributed by atoms with E-state index in [-0.39, 0.29) is 36.5 Å². The molecular formula is C43H58O6. The number of aliphatic hydroxyl groups is 1. The maximum Gasteiger partial charge on any atom is 0.184 e. The van der Waals surface area contributed by atoms with Crippen molar-refractivity contribution in [1.29, 1.82) is 0 Å². The topological polar surface area (TPSA) is 112 Å². The molecule has 6 nitrogen and oxygen atoms in total. The molecule has 2 aliphatic rings. The van der Waals surface area contributed by atoms with Crippen molar-refractivity contribution in [3.8, 4) is 11.5 Å². The van der Waals surface area contributed by atoms with Crippen LogP contribution in [0.3, 0.4) is 0 Å². The summed E-state index contributed by atoms with van der Waals surface area (Å²) in [6.07, 6.45) is 14.6. The number of Topliss-reactive ketones (excluding diaryl/α,β-unsaturated/α-hetero) is 3. The second-order valence-corrected chi connectivity index (χ2v) is 15.6. The molecule has 0 amide bonds. The fourth-order valence-electron chi connectivity index (χ4n) is 7.78. The van der Waals surface area contributed by atoms with E-state index in [0.29, 0.717) is 19.3 Å². The Labute approximate surface area is 294 Å². The van der Waals surface area contributed by atoms with E-state index < -0.39 is 50.6 Å². The molecule has 3 rings (SSSR count). The standard InChI is InChI=1S/C43H58O6/c1-27(2)13-11-15-31(9)16-18-33-26-42(23-20-29(5)6)38(47)36(37(46)32-17-19-34(44)35(45)25-32)39(48)43(40(42)49,24-21-30(7)8)41(33,10)22-12-14-28(3)4/h13-14,16-17,19-21,25,33,44-46H,11-12,15,18,22-24,26H2,1-10H3/b31-16-,37-36?/t33-,41+,42+,43+/m0/s1. The number of aliphatic hydroxyl groups excluding tert-OH is 1. The fraction of sp³-hybridized carbons (Fsp3) is 0.512. The molecule has 0 unspecified atom stereocenters. The molecular weight excluding hydrogens is 612 g/mol. The minimum absolute atomic E-state index is 0.0202. The van der Waals surface area contributed by atoms with Gasteiger partial charge in [0.15, 0.2) is 28.8 Å². The van der Waals surface area contributed by atoms with E-state index >= 15 is 9.59 Å². The van der Waals surface area contributed by atoms with Gasteiger partial charge in [-0.25, -0.2) is 0 Å². The number of rotatable bonds is 13. The Morgan fingerprint density at radius 2 is 1.33 bits per heavy atom. The van der Waals surface area contributed by atoms with E-state index in [0.717, 1.165) is 35.6 Å². The minimum atomic E-state index is -1.63. The largest absolute Gasteiger partial charge is 0.506 e. The molecule has 0 aromatic heterocycles. The van der Waals surface area contributed by atoms with Gasteiger partial charge < -0.3 is 15.3 Å². The maximum atomic E-state index is 15.4. The lowest BCUT2D eigenvalue weighted by atomic mass is 9.37. The number of allylic oxidation sites excluding steroid dienone is 11. The molecule has 4 atom stereocenters. The van der Waals surface area contributed by atoms with Gasteiger partial charge in [0.05, 0.1) is 5.41 Å². The number of ketones is 3. The number of aromatic hydroxyl groups is 2. The summed E-state index contributed by atoms with van der Waals surface area (Å²) in [6, 6.07) is 3.69. The SMILES string of the molecule is CC(C)=CCC/C(C)=C\C[C@H]1C[C@]2(CC=C(C)C)C(=O)C(=C(O)c3ccc(O)c(O)c3)C(=O)[C@](CC=C(C)C)(C2=O)[C@]1(C)CCC=C(C)C. The van der Waals surface area contributed by atoms with Gasteiger partial charge in [-0.2, -0.15) is 0 Å². The second kappa shape index (κ2) is 15.7. The molecule has 2 fully saturated rings. The highest BCUT2D eigenvalue weighted by atomic mass is 16.3. The zero-order valence-electron chi connectivity index (χ0n) is 31.4. The van der Waals surface area contributed by atoms with E-state index in [1.165, 1.54) is 23.3 Å². The third-order valence-electron chi connectivity index (χ3n) is 10.8. The second-order valence-electron chi connectivity index (χ2n) is 15.6. The molecule has 0 heterocycles. The quantitative estimate of drug-likeness (QED) is 0.0481. The lowest BCUT2D eigenvalue weighted by Crippen LogP contribution is -2.70. The Bertz CT molecular complexity index is 1650. The zero-order chi connectivity index (χ0) is 36.9. The van der Waals surface area contributed by atoms with Crippen LogP contribution in [-0.2, 0) is 14.4 Å². The van der Waals surface area contributed by atoms with E-state index in [4.69, 9.17) is 0 Å². The first-order valence-corrected chi connectivity index (χ1v) is 17.6. The Morgan fingerprint density at radius 1 is 0.755 bits per heavy atom. The Hall–Kier alpha value is -3.93. The third kappa shape index (κ3) is 7.95. The molecule has 1 aromatic carbocycles. The normalized spacial score (nSPS) is 26.2. The van der Waals surface area contributed by atoms with Crippen LogP contribution < -0.4 is 0 Å². The first kappa shape index (κ1) is 39.5. The fourth-order valence-corrected chi connectivity index (χ4v) is 7.78. The summed E-state index contributed by atoms with van der Waals surface area (Å²) in [4.78, 5) is 45.6. The molecule has 2 bridgehead atoms. The van der Waals surface area contributed by atoms with Crippen LogP contribution >= 0.6 is 0 Å². The van der Waals surface area contributed by atoms with Crippen molar-refractivity contribution in [3.63, 3.8) is 0 Å². The van der Waals surface area contributed by atoms with E-state index in [2.05, 4.69) is 45.9 Å². The van der Waals surface area contributed by atoms with Crippen LogP contribution in [0, 0.1) is 22.2 Å². The van der Waals surface area contributed by atoms with Crippen LogP contribution in [0.4, 0.5) is 0 Å². The van der Waals surface area contributed by atoms with Gasteiger partial charge in [-0.05, 0) is 143 Å². The van der Waals surface area contributed by atoms with Gasteiger partial charge in [-0.1, -0.05) is 65.2 Å². The zero-order valence-corrected chi connectivity index (χ0v) is 31.4. The van der Waals surface area contributed by atoms with Gasteiger partial charge in [-0.3, -0.25) is 14.4 Å². The van der Waals surface area contributed by atoms with Crippen LogP contribution in [0.15, 0.2) is 82.0 Å². The summed E-state index contributed by atoms with van der Waals surface area (Å²) in [5.74, 6) is -3.33. The van der Waals surface area contributed by atoms with E-state index in [1.807, 2.05) is 53.7 Å². The molecule has 6 heteroatoms. The molecule has 0 radical (unpaired) electrons. The lowest BCUT2D eigenvalue weighted by molar-refractivity contribution is -0.178. The summed E-state index contributed by atoms with van der Waals surface area (Å²) < 4.78 is 0. The number of carbonyl (C=O) groups is 3. The first-order valence-electron chi connectivity index (χ1n) is 17.6. The Kier molecular flexibility index (Phi) is 12.7. The molecule has 49 heavy (non-hydrogen) atoms. The average Bonchev–Trinajstić information content (AvgIpc) is 3.00. The molecule has 0 aliphatic heterocycles. The summed E-state index contributed by atoms with van der Waals surface area (Å²) in [6.45, 7) is 20.1. The van der Waals surface area contributed by atoms with Crippen LogP contribution in [-0.4, -0.2) is 32.7 Å². The molecule has 266 valence electrons. The van der Waals surface area contributed by atoms with Crippen molar-refractivity contribution in [3.05, 3.63) is 87.6 Å². The molecule has 2 aliphatic carbocycles. The monoisotopic (exact) mass is 670 g/mol. The van der Waals surface area contributed by atoms with Gasteiger partial charge in [0.25, 0.3) is 0 Å². The average molecular weight is 671 g/mol. The highest BCUT2D eigenvalue weighted by molar-refractivity contribution is 6.41. The van der Waals surface area contributed by atoms with Crippen LogP contribution in [0.1, 0.15) is 126 Å². The summed E-state index contributed by atoms with van der Waals surface area (Å²) >= 11 is 0. The minimum Gasteiger partial charge on any atom is -0.506 e. The van der Waals surface area contributed by atoms with Gasteiger partial charge in [0.2, 0.25) is 0 Å². The van der Waals surface area contributed by atoms with Crippen molar-refractivity contribution in [2.24, 2.45) is 22.2 Å². The van der Waals surface area contributed by atoms with Crippen molar-refractivity contribution in [2.75, 3.05) is 0 Å².